The lowest BCUT2D eigenvalue weighted by molar-refractivity contribution is 0.232. The summed E-state index contributed by atoms with van der Waals surface area (Å²) in [5.74, 6) is -1.88. The number of halogens is 3. The van der Waals surface area contributed by atoms with Crippen molar-refractivity contribution < 1.29 is 17.2 Å². The Balaban J connectivity index is 0.00000220. The number of sulfonamides is 1. The highest BCUT2D eigenvalue weighted by atomic mass is 35.5. The minimum atomic E-state index is -3.96. The van der Waals surface area contributed by atoms with Crippen LogP contribution in [0.25, 0.3) is 0 Å². The summed E-state index contributed by atoms with van der Waals surface area (Å²) in [5.41, 5.74) is -0.144. The molecule has 1 aliphatic heterocycles. The van der Waals surface area contributed by atoms with E-state index in [4.69, 9.17) is 0 Å². The van der Waals surface area contributed by atoms with Crippen LogP contribution in [0.4, 0.5) is 8.78 Å². The molecule has 0 aliphatic carbocycles. The average Bonchev–Trinajstić information content (AvgIpc) is 2.37. The zero-order chi connectivity index (χ0) is 14.8. The molecule has 0 unspecified atom stereocenters. The SMILES string of the molecule is CC1(CNS(=O)(=O)c2ccc(F)cc2F)CCNCC1.Cl. The van der Waals surface area contributed by atoms with Crippen LogP contribution in [-0.2, 0) is 10.0 Å². The number of nitrogens with one attached hydrogen (secondary N) is 2. The highest BCUT2D eigenvalue weighted by Crippen LogP contribution is 2.27. The van der Waals surface area contributed by atoms with Gasteiger partial charge in [0, 0.05) is 12.6 Å². The van der Waals surface area contributed by atoms with Gasteiger partial charge in [-0.25, -0.2) is 21.9 Å². The van der Waals surface area contributed by atoms with Gasteiger partial charge in [-0.05, 0) is 43.5 Å². The molecule has 0 bridgehead atoms. The number of piperidine rings is 1. The number of hydrogen-bond donors (Lipinski definition) is 2. The fourth-order valence-electron chi connectivity index (χ4n) is 2.25. The summed E-state index contributed by atoms with van der Waals surface area (Å²) in [6.45, 7) is 3.91. The van der Waals surface area contributed by atoms with E-state index in [1.807, 2.05) is 6.92 Å². The van der Waals surface area contributed by atoms with Gasteiger partial charge in [0.1, 0.15) is 16.5 Å². The molecule has 4 nitrogen and oxygen atoms in total. The van der Waals surface area contributed by atoms with E-state index < -0.39 is 26.6 Å². The summed E-state index contributed by atoms with van der Waals surface area (Å²) in [7, 11) is -3.96. The highest BCUT2D eigenvalue weighted by Gasteiger charge is 2.29. The van der Waals surface area contributed by atoms with Crippen LogP contribution in [0.5, 0.6) is 0 Å². The second-order valence-electron chi connectivity index (χ2n) is 5.46. The van der Waals surface area contributed by atoms with Gasteiger partial charge in [0.2, 0.25) is 10.0 Å². The van der Waals surface area contributed by atoms with Crippen LogP contribution in [-0.4, -0.2) is 28.1 Å². The highest BCUT2D eigenvalue weighted by molar-refractivity contribution is 7.89. The van der Waals surface area contributed by atoms with Crippen molar-refractivity contribution in [2.75, 3.05) is 19.6 Å². The van der Waals surface area contributed by atoms with Crippen molar-refractivity contribution in [1.82, 2.24) is 10.0 Å². The van der Waals surface area contributed by atoms with Crippen molar-refractivity contribution in [2.24, 2.45) is 5.41 Å². The number of hydrogen-bond acceptors (Lipinski definition) is 3. The molecule has 1 aromatic carbocycles. The molecular formula is C13H19ClF2N2O2S. The van der Waals surface area contributed by atoms with E-state index >= 15 is 0 Å². The molecule has 0 spiro atoms. The summed E-state index contributed by atoms with van der Waals surface area (Å²) in [6, 6.07) is 2.45. The lowest BCUT2D eigenvalue weighted by Crippen LogP contribution is -2.43. The molecule has 2 rings (SSSR count). The van der Waals surface area contributed by atoms with E-state index in [-0.39, 0.29) is 24.4 Å². The Morgan fingerprint density at radius 3 is 2.48 bits per heavy atom. The fraction of sp³-hybridized carbons (Fsp3) is 0.538. The summed E-state index contributed by atoms with van der Waals surface area (Å²) >= 11 is 0. The van der Waals surface area contributed by atoms with E-state index in [2.05, 4.69) is 10.0 Å². The van der Waals surface area contributed by atoms with Crippen LogP contribution in [0.15, 0.2) is 23.1 Å². The van der Waals surface area contributed by atoms with Gasteiger partial charge in [0.15, 0.2) is 0 Å². The van der Waals surface area contributed by atoms with Gasteiger partial charge in [0.05, 0.1) is 0 Å². The molecule has 1 aromatic rings. The van der Waals surface area contributed by atoms with Gasteiger partial charge >= 0.3 is 0 Å². The Labute approximate surface area is 129 Å². The summed E-state index contributed by atoms with van der Waals surface area (Å²) in [5, 5.41) is 3.21. The second kappa shape index (κ2) is 7.00. The first kappa shape index (κ1) is 18.3. The molecule has 120 valence electrons. The lowest BCUT2D eigenvalue weighted by atomic mass is 9.81. The van der Waals surface area contributed by atoms with Crippen LogP contribution in [0.2, 0.25) is 0 Å². The van der Waals surface area contributed by atoms with Crippen molar-refractivity contribution in [3.05, 3.63) is 29.8 Å². The third-order valence-corrected chi connectivity index (χ3v) is 5.12. The minimum absolute atomic E-state index is 0. The molecule has 8 heteroatoms. The van der Waals surface area contributed by atoms with Crippen molar-refractivity contribution in [3.63, 3.8) is 0 Å². The second-order valence-corrected chi connectivity index (χ2v) is 7.20. The summed E-state index contributed by atoms with van der Waals surface area (Å²) < 4.78 is 52.9. The molecule has 2 N–H and O–H groups in total. The van der Waals surface area contributed by atoms with Gasteiger partial charge in [-0.2, -0.15) is 0 Å². The quantitative estimate of drug-likeness (QED) is 0.882. The first-order chi connectivity index (χ1) is 9.32. The van der Waals surface area contributed by atoms with Gasteiger partial charge in [-0.3, -0.25) is 0 Å². The standard InChI is InChI=1S/C13H18F2N2O2S.ClH/c1-13(4-6-16-7-5-13)9-17-20(18,19)12-3-2-10(14)8-11(12)15;/h2-3,8,16-17H,4-7,9H2,1H3;1H. The molecule has 0 radical (unpaired) electrons. The Kier molecular flexibility index (Phi) is 6.10. The van der Waals surface area contributed by atoms with E-state index in [1.54, 1.807) is 0 Å². The van der Waals surface area contributed by atoms with Gasteiger partial charge < -0.3 is 5.32 Å². The maximum Gasteiger partial charge on any atom is 0.243 e. The van der Waals surface area contributed by atoms with E-state index in [1.165, 1.54) is 0 Å². The zero-order valence-corrected chi connectivity index (χ0v) is 13.3. The first-order valence-corrected chi connectivity index (χ1v) is 7.96. The molecule has 21 heavy (non-hydrogen) atoms. The Hall–Kier alpha value is -0.760. The van der Waals surface area contributed by atoms with Crippen LogP contribution in [0.1, 0.15) is 19.8 Å². The molecule has 1 aliphatic rings. The molecule has 1 heterocycles. The maximum atomic E-state index is 13.5. The zero-order valence-electron chi connectivity index (χ0n) is 11.7. The van der Waals surface area contributed by atoms with E-state index in [0.717, 1.165) is 38.1 Å². The van der Waals surface area contributed by atoms with Crippen LogP contribution in [0.3, 0.4) is 0 Å². The summed E-state index contributed by atoms with van der Waals surface area (Å²) in [6.07, 6.45) is 1.70. The Morgan fingerprint density at radius 1 is 1.29 bits per heavy atom. The van der Waals surface area contributed by atoms with Crippen molar-refractivity contribution >= 4 is 22.4 Å². The van der Waals surface area contributed by atoms with Gasteiger partial charge in [-0.15, -0.1) is 12.4 Å². The van der Waals surface area contributed by atoms with Crippen molar-refractivity contribution in [3.8, 4) is 0 Å². The first-order valence-electron chi connectivity index (χ1n) is 6.48. The molecule has 0 amide bonds. The maximum absolute atomic E-state index is 13.5. The van der Waals surface area contributed by atoms with Crippen molar-refractivity contribution in [1.29, 1.82) is 0 Å². The van der Waals surface area contributed by atoms with E-state index in [9.17, 15) is 17.2 Å². The average molecular weight is 341 g/mol. The lowest BCUT2D eigenvalue weighted by Gasteiger charge is -2.34. The predicted octanol–water partition coefficient (Wildman–Crippen LogP) is 2.05. The third kappa shape index (κ3) is 4.60. The smallest absolute Gasteiger partial charge is 0.243 e. The topological polar surface area (TPSA) is 58.2 Å². The Bertz CT molecular complexity index is 590. The molecule has 1 saturated heterocycles. The van der Waals surface area contributed by atoms with Gasteiger partial charge in [-0.1, -0.05) is 6.92 Å². The largest absolute Gasteiger partial charge is 0.317 e. The predicted molar refractivity (Wildman–Crippen MR) is 79.0 cm³/mol. The monoisotopic (exact) mass is 340 g/mol. The van der Waals surface area contributed by atoms with E-state index in [0.29, 0.717) is 6.07 Å². The summed E-state index contributed by atoms with van der Waals surface area (Å²) in [4.78, 5) is -0.517. The van der Waals surface area contributed by atoms with Gasteiger partial charge in [0.25, 0.3) is 0 Å². The minimum Gasteiger partial charge on any atom is -0.317 e. The van der Waals surface area contributed by atoms with Crippen molar-refractivity contribution in [2.45, 2.75) is 24.7 Å². The molecule has 0 saturated carbocycles. The normalized spacial score (nSPS) is 18.0. The molecule has 0 aromatic heterocycles. The third-order valence-electron chi connectivity index (χ3n) is 3.68. The van der Waals surface area contributed by atoms with Crippen LogP contribution < -0.4 is 10.0 Å². The fourth-order valence-corrected chi connectivity index (χ4v) is 3.50. The van der Waals surface area contributed by atoms with Crippen LogP contribution in [0, 0.1) is 17.0 Å². The Morgan fingerprint density at radius 2 is 1.90 bits per heavy atom. The number of benzene rings is 1. The number of rotatable bonds is 4. The van der Waals surface area contributed by atoms with Crippen LogP contribution >= 0.6 is 12.4 Å². The molecule has 1 fully saturated rings. The molecular weight excluding hydrogens is 322 g/mol. The molecule has 0 atom stereocenters.